The Morgan fingerprint density at radius 3 is 2.92 bits per heavy atom. The van der Waals surface area contributed by atoms with Crippen molar-refractivity contribution in [1.82, 2.24) is 14.8 Å². The van der Waals surface area contributed by atoms with Crippen molar-refractivity contribution >= 4 is 11.5 Å². The molecule has 1 aromatic heterocycles. The van der Waals surface area contributed by atoms with Crippen molar-refractivity contribution in [1.29, 1.82) is 0 Å². The Bertz CT molecular complexity index is 879. The van der Waals surface area contributed by atoms with E-state index in [-0.39, 0.29) is 22.7 Å². The van der Waals surface area contributed by atoms with Gasteiger partial charge < -0.3 is 14.8 Å². The number of pyridine rings is 1. The molecular weight excluding hydrogens is 312 g/mol. The number of hydrogen-bond donors (Lipinski definition) is 1. The van der Waals surface area contributed by atoms with Crippen LogP contribution in [0.3, 0.4) is 0 Å². The van der Waals surface area contributed by atoms with Gasteiger partial charge in [-0.05, 0) is 25.0 Å². The SMILES string of the molecule is CCCN1C(F)=C2C=C(F)c3ccn(C)c(=O)c3C3=C2C1CCN3. The summed E-state index contributed by atoms with van der Waals surface area (Å²) < 4.78 is 31.1. The topological polar surface area (TPSA) is 37.3 Å². The minimum absolute atomic E-state index is 0.142. The van der Waals surface area contributed by atoms with E-state index < -0.39 is 11.8 Å². The van der Waals surface area contributed by atoms with Crippen molar-refractivity contribution in [2.45, 2.75) is 25.8 Å². The molecule has 4 rings (SSSR count). The summed E-state index contributed by atoms with van der Waals surface area (Å²) in [5.41, 5.74) is 1.81. The summed E-state index contributed by atoms with van der Waals surface area (Å²) in [5.74, 6) is -0.959. The monoisotopic (exact) mass is 331 g/mol. The highest BCUT2D eigenvalue weighted by atomic mass is 19.1. The molecular formula is C18H19F2N3O. The Morgan fingerprint density at radius 1 is 1.38 bits per heavy atom. The molecule has 1 aliphatic carbocycles. The molecule has 1 atom stereocenters. The molecule has 0 saturated heterocycles. The van der Waals surface area contributed by atoms with Gasteiger partial charge in [-0.15, -0.1) is 0 Å². The summed E-state index contributed by atoms with van der Waals surface area (Å²) >= 11 is 0. The summed E-state index contributed by atoms with van der Waals surface area (Å²) in [7, 11) is 1.63. The molecule has 1 aromatic rings. The number of halogens is 2. The minimum atomic E-state index is -0.568. The van der Waals surface area contributed by atoms with Crippen LogP contribution in [0, 0.1) is 0 Å². The summed E-state index contributed by atoms with van der Waals surface area (Å²) in [6, 6.07) is 1.43. The van der Waals surface area contributed by atoms with Gasteiger partial charge in [0.15, 0.2) is 5.95 Å². The number of aromatic nitrogens is 1. The first-order valence-electron chi connectivity index (χ1n) is 8.27. The normalized spacial score (nSPS) is 22.1. The number of fused-ring (bicyclic) bond motifs is 2. The van der Waals surface area contributed by atoms with Gasteiger partial charge in [0.1, 0.15) is 5.83 Å². The van der Waals surface area contributed by atoms with Crippen molar-refractivity contribution in [2.24, 2.45) is 7.05 Å². The minimum Gasteiger partial charge on any atom is -0.384 e. The smallest absolute Gasteiger partial charge is 0.260 e. The molecule has 3 heterocycles. The summed E-state index contributed by atoms with van der Waals surface area (Å²) in [6.45, 7) is 3.19. The lowest BCUT2D eigenvalue weighted by Crippen LogP contribution is -2.39. The largest absolute Gasteiger partial charge is 0.384 e. The number of rotatable bonds is 2. The van der Waals surface area contributed by atoms with Crippen LogP contribution < -0.4 is 10.9 Å². The van der Waals surface area contributed by atoms with E-state index >= 15 is 0 Å². The molecule has 0 amide bonds. The number of hydrogen-bond acceptors (Lipinski definition) is 3. The molecule has 6 heteroatoms. The zero-order chi connectivity index (χ0) is 17.0. The highest BCUT2D eigenvalue weighted by molar-refractivity contribution is 5.86. The van der Waals surface area contributed by atoms with Gasteiger partial charge >= 0.3 is 0 Å². The molecule has 0 radical (unpaired) electrons. The van der Waals surface area contributed by atoms with Crippen molar-refractivity contribution in [3.05, 3.63) is 56.9 Å². The molecule has 24 heavy (non-hydrogen) atoms. The average molecular weight is 331 g/mol. The van der Waals surface area contributed by atoms with Crippen LogP contribution in [0.4, 0.5) is 8.78 Å². The van der Waals surface area contributed by atoms with Crippen LogP contribution in [0.5, 0.6) is 0 Å². The van der Waals surface area contributed by atoms with E-state index in [2.05, 4.69) is 5.32 Å². The van der Waals surface area contributed by atoms with Crippen LogP contribution in [-0.4, -0.2) is 28.6 Å². The summed E-state index contributed by atoms with van der Waals surface area (Å²) in [6.07, 6.45) is 4.31. The molecule has 2 aliphatic heterocycles. The van der Waals surface area contributed by atoms with E-state index in [0.29, 0.717) is 29.9 Å². The zero-order valence-corrected chi connectivity index (χ0v) is 13.7. The zero-order valence-electron chi connectivity index (χ0n) is 13.7. The first-order chi connectivity index (χ1) is 11.5. The number of nitrogens with one attached hydrogen (secondary N) is 1. The summed E-state index contributed by atoms with van der Waals surface area (Å²) in [5, 5.41) is 3.23. The predicted molar refractivity (Wildman–Crippen MR) is 89.2 cm³/mol. The maximum Gasteiger partial charge on any atom is 0.260 e. The van der Waals surface area contributed by atoms with Crippen molar-refractivity contribution < 1.29 is 8.78 Å². The molecule has 126 valence electrons. The molecule has 0 aromatic carbocycles. The fraction of sp³-hybridized carbons (Fsp3) is 0.389. The van der Waals surface area contributed by atoms with Gasteiger partial charge in [-0.1, -0.05) is 6.92 Å². The van der Waals surface area contributed by atoms with Crippen molar-refractivity contribution in [3.8, 4) is 0 Å². The molecule has 0 fully saturated rings. The lowest BCUT2D eigenvalue weighted by atomic mass is 9.92. The van der Waals surface area contributed by atoms with Gasteiger partial charge in [0.2, 0.25) is 0 Å². The van der Waals surface area contributed by atoms with Gasteiger partial charge in [0.05, 0.1) is 17.3 Å². The fourth-order valence-electron chi connectivity index (χ4n) is 3.90. The second-order valence-electron chi connectivity index (χ2n) is 6.43. The third kappa shape index (κ3) is 1.92. The molecule has 0 saturated carbocycles. The van der Waals surface area contributed by atoms with Crippen LogP contribution >= 0.6 is 0 Å². The second kappa shape index (κ2) is 5.33. The highest BCUT2D eigenvalue weighted by Gasteiger charge is 2.42. The lowest BCUT2D eigenvalue weighted by molar-refractivity contribution is 0.231. The molecule has 1 unspecified atom stereocenters. The Morgan fingerprint density at radius 2 is 2.17 bits per heavy atom. The second-order valence-corrected chi connectivity index (χ2v) is 6.43. The average Bonchev–Trinajstić information content (AvgIpc) is 2.75. The quantitative estimate of drug-likeness (QED) is 0.847. The molecule has 4 nitrogen and oxygen atoms in total. The highest BCUT2D eigenvalue weighted by Crippen LogP contribution is 2.45. The standard InChI is InChI=1S/C18H19F2N3O/c1-3-7-23-13-4-6-21-16-14(13)11(17(23)20)9-12(19)10-5-8-22(2)18(24)15(10)16/h5,8-9,13,21H,3-4,6-7H2,1-2H3. The molecule has 0 spiro atoms. The van der Waals surface area contributed by atoms with E-state index in [1.807, 2.05) is 6.92 Å². The first-order valence-corrected chi connectivity index (χ1v) is 8.27. The van der Waals surface area contributed by atoms with E-state index in [0.717, 1.165) is 12.8 Å². The van der Waals surface area contributed by atoms with E-state index in [4.69, 9.17) is 0 Å². The Hall–Kier alpha value is -2.37. The number of allylic oxidation sites excluding steroid dienone is 1. The first kappa shape index (κ1) is 15.2. The van der Waals surface area contributed by atoms with Crippen LogP contribution in [0.25, 0.3) is 11.5 Å². The van der Waals surface area contributed by atoms with Crippen molar-refractivity contribution in [3.63, 3.8) is 0 Å². The van der Waals surface area contributed by atoms with Gasteiger partial charge in [-0.2, -0.15) is 4.39 Å². The summed E-state index contributed by atoms with van der Waals surface area (Å²) in [4.78, 5) is 14.4. The lowest BCUT2D eigenvalue weighted by Gasteiger charge is -2.32. The predicted octanol–water partition coefficient (Wildman–Crippen LogP) is 2.69. The third-order valence-corrected chi connectivity index (χ3v) is 4.97. The van der Waals surface area contributed by atoms with E-state index in [1.165, 1.54) is 16.8 Å². The fourth-order valence-corrected chi connectivity index (χ4v) is 3.90. The molecule has 0 bridgehead atoms. The molecule has 3 aliphatic rings. The molecule has 1 N–H and O–H groups in total. The van der Waals surface area contributed by atoms with Crippen molar-refractivity contribution in [2.75, 3.05) is 13.1 Å². The van der Waals surface area contributed by atoms with Crippen LogP contribution in [0.15, 0.2) is 40.2 Å². The van der Waals surface area contributed by atoms with Crippen LogP contribution in [0.1, 0.15) is 30.9 Å². The maximum absolute atomic E-state index is 15.0. The van der Waals surface area contributed by atoms with E-state index in [9.17, 15) is 13.6 Å². The van der Waals surface area contributed by atoms with Gasteiger partial charge in [-0.25, -0.2) is 4.39 Å². The van der Waals surface area contributed by atoms with Gasteiger partial charge in [0.25, 0.3) is 5.56 Å². The number of aryl methyl sites for hydroxylation is 1. The number of nitrogens with zero attached hydrogens (tertiary/aromatic N) is 2. The third-order valence-electron chi connectivity index (χ3n) is 4.97. The maximum atomic E-state index is 15.0. The van der Waals surface area contributed by atoms with Gasteiger partial charge in [-0.3, -0.25) is 4.79 Å². The Kier molecular flexibility index (Phi) is 3.37. The van der Waals surface area contributed by atoms with Crippen LogP contribution in [-0.2, 0) is 7.05 Å². The van der Waals surface area contributed by atoms with E-state index in [1.54, 1.807) is 18.0 Å². The van der Waals surface area contributed by atoms with Gasteiger partial charge in [0, 0.05) is 43.0 Å². The van der Waals surface area contributed by atoms with Crippen LogP contribution in [0.2, 0.25) is 0 Å². The Balaban J connectivity index is 2.06. The Labute approximate surface area is 138 Å².